The zero-order valence-corrected chi connectivity index (χ0v) is 68.9. The lowest BCUT2D eigenvalue weighted by atomic mass is 9.96. The number of nitrogens with two attached hydrogens (primary N) is 4. The molecular weight excluding hydrogens is 1530 g/mol. The molecule has 0 bridgehead atoms. The van der Waals surface area contributed by atoms with Crippen LogP contribution >= 0.6 is 0 Å². The number of amides is 14. The predicted octanol–water partition coefficient (Wildman–Crippen LogP) is 0.427. The van der Waals surface area contributed by atoms with Crippen LogP contribution in [0.2, 0.25) is 0 Å². The van der Waals surface area contributed by atoms with Crippen molar-refractivity contribution in [2.24, 2.45) is 40.7 Å². The van der Waals surface area contributed by atoms with E-state index < -0.39 is 174 Å². The Labute approximate surface area is 694 Å². The van der Waals surface area contributed by atoms with Gasteiger partial charge in [-0.15, -0.1) is 0 Å². The van der Waals surface area contributed by atoms with Gasteiger partial charge in [-0.25, -0.2) is 0 Å². The number of para-hydroxylation sites is 1. The Hall–Kier alpha value is -11.8. The minimum atomic E-state index is -1.50. The Bertz CT molecular complexity index is 4250. The van der Waals surface area contributed by atoms with Crippen LogP contribution < -0.4 is 92.1 Å². The van der Waals surface area contributed by atoms with Gasteiger partial charge in [-0.05, 0) is 136 Å². The second-order valence-electron chi connectivity index (χ2n) is 31.5. The van der Waals surface area contributed by atoms with E-state index in [0.29, 0.717) is 36.0 Å². The fourth-order valence-electron chi connectivity index (χ4n) is 14.3. The summed E-state index contributed by atoms with van der Waals surface area (Å²) >= 11 is 0. The first-order chi connectivity index (χ1) is 56.9. The molecule has 7 rings (SSSR count). The Balaban J connectivity index is 1.21. The third-order valence-electron chi connectivity index (χ3n) is 21.2. The van der Waals surface area contributed by atoms with Crippen molar-refractivity contribution in [3.05, 3.63) is 144 Å². The normalized spacial score (nSPS) is 21.3. The molecule has 0 aliphatic carbocycles. The number of fused-ring (bicyclic) bond motifs is 1. The van der Waals surface area contributed by atoms with Crippen molar-refractivity contribution in [3.8, 4) is 0 Å². The van der Waals surface area contributed by atoms with Crippen molar-refractivity contribution in [2.75, 3.05) is 32.7 Å². The van der Waals surface area contributed by atoms with Gasteiger partial charge in [-0.3, -0.25) is 72.5 Å². The summed E-state index contributed by atoms with van der Waals surface area (Å²) in [7, 11) is 0. The highest BCUT2D eigenvalue weighted by Gasteiger charge is 2.42. The number of rotatable bonds is 31. The first kappa shape index (κ1) is 94.3. The molecule has 13 atom stereocenters. The monoisotopic (exact) mass is 1650 g/mol. The van der Waals surface area contributed by atoms with Gasteiger partial charge in [0.25, 0.3) is 0 Å². The van der Waals surface area contributed by atoms with E-state index in [4.69, 9.17) is 28.3 Å². The molecule has 2 aliphatic rings. The lowest BCUT2D eigenvalue weighted by molar-refractivity contribution is -0.143. The van der Waals surface area contributed by atoms with Crippen molar-refractivity contribution in [1.29, 1.82) is 5.41 Å². The molecule has 0 spiro atoms. The van der Waals surface area contributed by atoms with Crippen molar-refractivity contribution >= 4 is 99.6 Å². The number of carbonyl (C=O) groups excluding carboxylic acids is 14. The summed E-state index contributed by atoms with van der Waals surface area (Å²) in [6.45, 7) is 10.3. The van der Waals surface area contributed by atoms with Gasteiger partial charge in [-0.1, -0.05) is 157 Å². The van der Waals surface area contributed by atoms with Crippen molar-refractivity contribution in [3.63, 3.8) is 0 Å². The van der Waals surface area contributed by atoms with Gasteiger partial charge in [0.1, 0.15) is 66.5 Å². The van der Waals surface area contributed by atoms with Crippen LogP contribution in [0.1, 0.15) is 154 Å². The van der Waals surface area contributed by atoms with E-state index in [1.165, 1.54) is 4.90 Å². The van der Waals surface area contributed by atoms with E-state index >= 15 is 24.0 Å². The summed E-state index contributed by atoms with van der Waals surface area (Å²) in [5.74, 6) is -12.4. The molecule has 3 heterocycles. The Kier molecular flexibility index (Phi) is 38.2. The number of likely N-dealkylation sites (tertiary alicyclic amines) is 1. The summed E-state index contributed by atoms with van der Waals surface area (Å²) in [6.07, 6.45) is 2.70. The third kappa shape index (κ3) is 30.6. The van der Waals surface area contributed by atoms with Gasteiger partial charge in [0.05, 0.1) is 12.6 Å². The maximum Gasteiger partial charge on any atom is 0.246 e. The topological polar surface area (TPSA) is 542 Å². The highest BCUT2D eigenvalue weighted by atomic mass is 16.2. The Morgan fingerprint density at radius 2 is 1.18 bits per heavy atom. The van der Waals surface area contributed by atoms with E-state index in [1.807, 2.05) is 54.6 Å². The predicted molar refractivity (Wildman–Crippen MR) is 449 cm³/mol. The summed E-state index contributed by atoms with van der Waals surface area (Å²) < 4.78 is 0. The van der Waals surface area contributed by atoms with Crippen molar-refractivity contribution in [2.45, 2.75) is 230 Å². The number of nitrogens with one attached hydrogen (secondary N) is 15. The summed E-state index contributed by atoms with van der Waals surface area (Å²) in [5.41, 5.74) is 27.0. The summed E-state index contributed by atoms with van der Waals surface area (Å²) in [6, 6.07) is 18.0. The molecule has 4 aromatic carbocycles. The van der Waals surface area contributed by atoms with Crippen LogP contribution in [0.4, 0.5) is 0 Å². The molecule has 2 fully saturated rings. The van der Waals surface area contributed by atoms with Gasteiger partial charge in [0, 0.05) is 62.4 Å². The van der Waals surface area contributed by atoms with Crippen LogP contribution in [0.15, 0.2) is 121 Å². The quantitative estimate of drug-likeness (QED) is 0.0162. The fraction of sp³-hybridized carbons (Fsp3) is 0.518. The minimum Gasteiger partial charge on any atom is -0.370 e. The smallest absolute Gasteiger partial charge is 0.246 e. The first-order valence-electron chi connectivity index (χ1n) is 41.3. The number of benzene rings is 4. The highest BCUT2D eigenvalue weighted by Crippen LogP contribution is 2.24. The number of unbranched alkanes of at least 4 members (excludes halogenated alkanes) is 1. The number of nitrogens with zero attached hydrogens (tertiary/aromatic N) is 1. The van der Waals surface area contributed by atoms with Gasteiger partial charge in [-0.2, -0.15) is 0 Å². The van der Waals surface area contributed by atoms with Gasteiger partial charge in [0.2, 0.25) is 82.7 Å². The second kappa shape index (κ2) is 48.2. The number of aromatic nitrogens is 1. The number of aromatic amines is 1. The standard InChI is InChI=1S/C85H122N20O14/c1-7-52(6)72-83(118)96-60(73(88)108)37-38-69(106)91-40-22-20-34-63(76(111)97-62(33-19-21-39-86)77(112)100-66(46-55-29-15-10-16-30-55)80(115)99-64(43-50(2)3)75(110)94-49-70(107)95-61(78(113)104-72)35-23-41-92-85(89)90)98-79(114)65(45-54-27-13-9-14-28-54)101-81(116)67(47-56-48-93-59-32-18-17-31-57(56)59)102-82(117)68-36-24-42-105(68)84(119)71(51(4)5)103-74(109)58(87)44-53-25-11-8-12-26-53/h8-18,25-32,48,50-52,58,60-68,71-72,93H,7,19-24,33-47,49,86-87H2,1-6H3,(H2,88,108)(H,91,106)(H,94,110)(H,95,107)(H,96,118)(H,97,111)(H,98,114)(H,99,115)(H,100,112)(H,101,116)(H,102,117)(H,103,109)(H,104,113)(H4,89,90,92)/t52-,58-,60-,61-,62-,63-,64+,65-,66-,67-,68-,71-,72-/m0/s1. The molecule has 14 amide bonds. The maximum atomic E-state index is 15.5. The molecule has 0 unspecified atom stereocenters. The van der Waals surface area contributed by atoms with Crippen LogP contribution in [-0.4, -0.2) is 204 Å². The number of hydrogen-bond acceptors (Lipinski definition) is 17. The van der Waals surface area contributed by atoms with Crippen LogP contribution in [-0.2, 0) is 92.8 Å². The number of guanidine groups is 1. The molecule has 0 radical (unpaired) electrons. The number of primary amides is 1. The first-order valence-corrected chi connectivity index (χ1v) is 41.3. The summed E-state index contributed by atoms with van der Waals surface area (Å²) in [5, 5.41) is 44.2. The largest absolute Gasteiger partial charge is 0.370 e. The van der Waals surface area contributed by atoms with Crippen LogP contribution in [0.25, 0.3) is 10.9 Å². The molecule has 1 aromatic heterocycles. The van der Waals surface area contributed by atoms with E-state index in [1.54, 1.807) is 108 Å². The third-order valence-corrected chi connectivity index (χ3v) is 21.2. The average Bonchev–Trinajstić information content (AvgIpc) is 1.70. The lowest BCUT2D eigenvalue weighted by Gasteiger charge is -2.32. The van der Waals surface area contributed by atoms with Crippen molar-refractivity contribution < 1.29 is 67.1 Å². The van der Waals surface area contributed by atoms with Gasteiger partial charge < -0.3 is 102 Å². The maximum absolute atomic E-state index is 15.5. The van der Waals surface area contributed by atoms with Crippen molar-refractivity contribution in [1.82, 2.24) is 79.0 Å². The van der Waals surface area contributed by atoms with E-state index in [9.17, 15) is 43.2 Å². The van der Waals surface area contributed by atoms with Crippen LogP contribution in [0.5, 0.6) is 0 Å². The number of carbonyl (C=O) groups is 14. The van der Waals surface area contributed by atoms with Crippen LogP contribution in [0.3, 0.4) is 0 Å². The van der Waals surface area contributed by atoms with E-state index in [2.05, 4.69) is 74.1 Å². The molecule has 0 saturated carbocycles. The second-order valence-corrected chi connectivity index (χ2v) is 31.5. The minimum absolute atomic E-state index is 0.0181. The zero-order valence-electron chi connectivity index (χ0n) is 68.9. The Morgan fingerprint density at radius 1 is 0.571 bits per heavy atom. The highest BCUT2D eigenvalue weighted by molar-refractivity contribution is 6.00. The van der Waals surface area contributed by atoms with Crippen LogP contribution in [0, 0.1) is 23.2 Å². The molecule has 2 saturated heterocycles. The average molecular weight is 1650 g/mol. The number of hydrogen-bond donors (Lipinski definition) is 19. The molecule has 23 N–H and O–H groups in total. The molecule has 646 valence electrons. The van der Waals surface area contributed by atoms with E-state index in [0.717, 1.165) is 16.5 Å². The Morgan fingerprint density at radius 3 is 1.82 bits per heavy atom. The molecule has 119 heavy (non-hydrogen) atoms. The lowest BCUT2D eigenvalue weighted by Crippen LogP contribution is -2.61. The SMILES string of the molecule is CC[C@H](C)[C@@H]1NC(=O)[C@H](CCCNC(=N)N)NC(=O)CNC(=O)[C@@H](CC(C)C)NC(=O)[C@H](Cc2ccccc2)NC(=O)[C@H](CCCCN)NC(=O)[C@@H](NC(=O)[C@H](Cc2ccccc2)NC(=O)[C@H](Cc2c[nH]c3ccccc23)NC(=O)[C@@H]2CCCN2C(=O)[C@@H](NC(=O)[C@@H](N)Cc2ccccc2)C(C)C)CCCCNC(=O)CC[C@@H](C(N)=O)NC1=O. The number of H-pyrrole nitrogens is 1. The van der Waals surface area contributed by atoms with E-state index in [-0.39, 0.29) is 134 Å². The molecule has 34 heteroatoms. The summed E-state index contributed by atoms with van der Waals surface area (Å²) in [4.78, 5) is 208. The molecule has 2 aliphatic heterocycles. The zero-order chi connectivity index (χ0) is 86.7. The molecule has 34 nitrogen and oxygen atoms in total. The molecular formula is C85H122N20O14. The van der Waals surface area contributed by atoms with Gasteiger partial charge in [0.15, 0.2) is 5.96 Å². The molecule has 5 aromatic rings. The van der Waals surface area contributed by atoms with Gasteiger partial charge >= 0.3 is 0 Å². The fourth-order valence-corrected chi connectivity index (χ4v) is 14.3.